The number of ether oxygens (including phenoxy) is 1. The van der Waals surface area contributed by atoms with Crippen LogP contribution in [0.1, 0.15) is 187 Å². The fourth-order valence-electron chi connectivity index (χ4n) is 5.24. The first-order valence-electron chi connectivity index (χ1n) is 17.1. The molecule has 4 nitrogen and oxygen atoms in total. The van der Waals surface area contributed by atoms with Crippen LogP contribution in [0, 0.1) is 5.92 Å². The second kappa shape index (κ2) is 31.2. The van der Waals surface area contributed by atoms with Crippen molar-refractivity contribution in [1.29, 1.82) is 0 Å². The molecule has 0 saturated carbocycles. The Hall–Kier alpha value is -1.32. The van der Waals surface area contributed by atoms with Crippen molar-refractivity contribution in [3.8, 4) is 0 Å². The molecule has 0 aromatic heterocycles. The lowest BCUT2D eigenvalue weighted by atomic mass is 9.97. The molecular formula is C35H66O4. The third kappa shape index (κ3) is 29.5. The van der Waals surface area contributed by atoms with Crippen LogP contribution in [-0.2, 0) is 14.3 Å². The van der Waals surface area contributed by atoms with E-state index in [2.05, 4.69) is 19.1 Å². The average Bonchev–Trinajstić information content (AvgIpc) is 2.92. The van der Waals surface area contributed by atoms with E-state index >= 15 is 0 Å². The smallest absolute Gasteiger partial charge is 0.309 e. The molecule has 39 heavy (non-hydrogen) atoms. The Kier molecular flexibility index (Phi) is 30.2. The highest BCUT2D eigenvalue weighted by Crippen LogP contribution is 2.18. The number of carboxylic acids is 1. The van der Waals surface area contributed by atoms with Gasteiger partial charge in [0.25, 0.3) is 0 Å². The Balaban J connectivity index is 3.34. The Bertz CT molecular complexity index is 557. The highest BCUT2D eigenvalue weighted by molar-refractivity contribution is 5.79. The third-order valence-corrected chi connectivity index (χ3v) is 7.77. The summed E-state index contributed by atoms with van der Waals surface area (Å²) >= 11 is 0. The molecule has 0 radical (unpaired) electrons. The van der Waals surface area contributed by atoms with Crippen molar-refractivity contribution in [3.63, 3.8) is 0 Å². The predicted molar refractivity (Wildman–Crippen MR) is 167 cm³/mol. The second-order valence-corrected chi connectivity index (χ2v) is 11.7. The lowest BCUT2D eigenvalue weighted by molar-refractivity contribution is -0.153. The minimum absolute atomic E-state index is 0.111. The molecule has 230 valence electrons. The van der Waals surface area contributed by atoms with Gasteiger partial charge in [-0.15, -0.1) is 0 Å². The van der Waals surface area contributed by atoms with Crippen LogP contribution in [-0.4, -0.2) is 23.7 Å². The maximum absolute atomic E-state index is 12.0. The van der Waals surface area contributed by atoms with Crippen molar-refractivity contribution in [1.82, 2.24) is 0 Å². The molecule has 0 amide bonds. The van der Waals surface area contributed by atoms with Crippen LogP contribution in [0.3, 0.4) is 0 Å². The summed E-state index contributed by atoms with van der Waals surface area (Å²) in [6, 6.07) is 0. The first-order valence-corrected chi connectivity index (χ1v) is 17.1. The zero-order valence-electron chi connectivity index (χ0n) is 26.2. The highest BCUT2D eigenvalue weighted by Gasteiger charge is 2.22. The first-order chi connectivity index (χ1) is 19.1. The second-order valence-electron chi connectivity index (χ2n) is 11.7. The Morgan fingerprint density at radius 1 is 0.564 bits per heavy atom. The standard InChI is InChI=1S/C35H66O4/c1-3-5-6-7-8-9-10-11-12-13-14-15-16-17-18-19-20-21-22-23-24-25-26-27-28-29-30-33(32-34(36)37)35(38)39-31-4-2/h10-11,33H,3-9,12-32H2,1-2H3,(H,36,37)/b11-10+. The van der Waals surface area contributed by atoms with Crippen LogP contribution in [0.2, 0.25) is 0 Å². The van der Waals surface area contributed by atoms with E-state index in [4.69, 9.17) is 9.84 Å². The predicted octanol–water partition coefficient (Wildman–Crippen LogP) is 11.4. The molecule has 0 rings (SSSR count). The van der Waals surface area contributed by atoms with Crippen molar-refractivity contribution >= 4 is 11.9 Å². The summed E-state index contributed by atoms with van der Waals surface area (Å²) in [5.74, 6) is -1.74. The van der Waals surface area contributed by atoms with Gasteiger partial charge in [0.05, 0.1) is 18.9 Å². The maximum Gasteiger partial charge on any atom is 0.309 e. The first kappa shape index (κ1) is 37.7. The minimum atomic E-state index is -0.915. The number of hydrogen-bond acceptors (Lipinski definition) is 3. The zero-order chi connectivity index (χ0) is 28.7. The monoisotopic (exact) mass is 550 g/mol. The van der Waals surface area contributed by atoms with Gasteiger partial charge in [0, 0.05) is 0 Å². The van der Waals surface area contributed by atoms with Crippen LogP contribution in [0.4, 0.5) is 0 Å². The molecule has 0 heterocycles. The molecule has 1 N–H and O–H groups in total. The van der Waals surface area contributed by atoms with E-state index in [0.29, 0.717) is 13.0 Å². The normalized spacial score (nSPS) is 12.3. The van der Waals surface area contributed by atoms with Gasteiger partial charge < -0.3 is 9.84 Å². The van der Waals surface area contributed by atoms with Gasteiger partial charge in [-0.2, -0.15) is 0 Å². The van der Waals surface area contributed by atoms with Gasteiger partial charge in [-0.05, 0) is 38.5 Å². The molecule has 1 atom stereocenters. The number of unbranched alkanes of at least 4 members (excludes halogenated alkanes) is 22. The largest absolute Gasteiger partial charge is 0.481 e. The fourth-order valence-corrected chi connectivity index (χ4v) is 5.24. The van der Waals surface area contributed by atoms with E-state index < -0.39 is 11.9 Å². The van der Waals surface area contributed by atoms with Gasteiger partial charge in [0.1, 0.15) is 0 Å². The average molecular weight is 551 g/mol. The summed E-state index contributed by atoms with van der Waals surface area (Å²) in [6.07, 6.45) is 38.0. The lowest BCUT2D eigenvalue weighted by Gasteiger charge is -2.13. The van der Waals surface area contributed by atoms with E-state index in [9.17, 15) is 9.59 Å². The molecular weight excluding hydrogens is 484 g/mol. The summed E-state index contributed by atoms with van der Waals surface area (Å²) in [4.78, 5) is 23.0. The molecule has 0 bridgehead atoms. The zero-order valence-corrected chi connectivity index (χ0v) is 26.2. The van der Waals surface area contributed by atoms with Crippen molar-refractivity contribution in [2.45, 2.75) is 187 Å². The fraction of sp³-hybridized carbons (Fsp3) is 0.886. The number of carboxylic acid groups (broad SMARTS) is 1. The van der Waals surface area contributed by atoms with E-state index in [1.807, 2.05) is 6.92 Å². The summed E-state index contributed by atoms with van der Waals surface area (Å²) in [7, 11) is 0. The quantitative estimate of drug-likeness (QED) is 0.0529. The maximum atomic E-state index is 12.0. The number of carbonyl (C=O) groups excluding carboxylic acids is 1. The summed E-state index contributed by atoms with van der Waals surface area (Å²) in [6.45, 7) is 4.60. The topological polar surface area (TPSA) is 63.6 Å². The van der Waals surface area contributed by atoms with E-state index in [1.54, 1.807) is 0 Å². The van der Waals surface area contributed by atoms with Crippen molar-refractivity contribution in [2.75, 3.05) is 6.61 Å². The summed E-state index contributed by atoms with van der Waals surface area (Å²) in [5.41, 5.74) is 0. The number of carbonyl (C=O) groups is 2. The van der Waals surface area contributed by atoms with Gasteiger partial charge in [-0.1, -0.05) is 154 Å². The summed E-state index contributed by atoms with van der Waals surface area (Å²) < 4.78 is 5.16. The van der Waals surface area contributed by atoms with Crippen molar-refractivity contribution in [3.05, 3.63) is 12.2 Å². The Labute approximate surface area is 243 Å². The van der Waals surface area contributed by atoms with Crippen LogP contribution in [0.5, 0.6) is 0 Å². The Morgan fingerprint density at radius 3 is 1.33 bits per heavy atom. The van der Waals surface area contributed by atoms with Crippen LogP contribution in [0.15, 0.2) is 12.2 Å². The molecule has 0 aromatic carbocycles. The molecule has 0 saturated heterocycles. The summed E-state index contributed by atoms with van der Waals surface area (Å²) in [5, 5.41) is 9.05. The van der Waals surface area contributed by atoms with E-state index in [1.165, 1.54) is 141 Å². The SMILES string of the molecule is CCCCCCC/C=C/CCCCCCCCCCCCCCCCCCCC(CC(=O)O)C(=O)OCCC. The lowest BCUT2D eigenvalue weighted by Crippen LogP contribution is -2.21. The van der Waals surface area contributed by atoms with Gasteiger partial charge >= 0.3 is 11.9 Å². The molecule has 4 heteroatoms. The molecule has 1 unspecified atom stereocenters. The van der Waals surface area contributed by atoms with Gasteiger partial charge in [-0.25, -0.2) is 0 Å². The molecule has 0 aliphatic heterocycles. The number of aliphatic carboxylic acids is 1. The molecule has 0 aliphatic carbocycles. The number of esters is 1. The van der Waals surface area contributed by atoms with E-state index in [0.717, 1.165) is 19.3 Å². The Morgan fingerprint density at radius 2 is 0.949 bits per heavy atom. The minimum Gasteiger partial charge on any atom is -0.481 e. The molecule has 0 aromatic rings. The van der Waals surface area contributed by atoms with Gasteiger partial charge in [0.15, 0.2) is 0 Å². The van der Waals surface area contributed by atoms with Gasteiger partial charge in [0.2, 0.25) is 0 Å². The molecule has 0 aliphatic rings. The number of allylic oxidation sites excluding steroid dienone is 2. The highest BCUT2D eigenvalue weighted by atomic mass is 16.5. The van der Waals surface area contributed by atoms with Crippen molar-refractivity contribution < 1.29 is 19.4 Å². The third-order valence-electron chi connectivity index (χ3n) is 7.77. The van der Waals surface area contributed by atoms with Crippen molar-refractivity contribution in [2.24, 2.45) is 5.92 Å². The number of rotatable bonds is 31. The molecule has 0 spiro atoms. The number of hydrogen-bond donors (Lipinski definition) is 1. The van der Waals surface area contributed by atoms with E-state index in [-0.39, 0.29) is 12.4 Å². The van der Waals surface area contributed by atoms with Crippen LogP contribution >= 0.6 is 0 Å². The van der Waals surface area contributed by atoms with Crippen LogP contribution in [0.25, 0.3) is 0 Å². The molecule has 0 fully saturated rings. The van der Waals surface area contributed by atoms with Gasteiger partial charge in [-0.3, -0.25) is 9.59 Å². The van der Waals surface area contributed by atoms with Crippen LogP contribution < -0.4 is 0 Å².